The number of nitrogens with zero attached hydrogens (tertiary/aromatic N) is 4. The van der Waals surface area contributed by atoms with Gasteiger partial charge < -0.3 is 5.11 Å². The highest BCUT2D eigenvalue weighted by Crippen LogP contribution is 2.15. The molecule has 0 aliphatic rings. The van der Waals surface area contributed by atoms with Gasteiger partial charge in [0.05, 0.1) is 11.1 Å². The normalized spacial score (nSPS) is 11.9. The Bertz CT molecular complexity index is 880. The van der Waals surface area contributed by atoms with Crippen LogP contribution in [0.5, 0.6) is 0 Å². The summed E-state index contributed by atoms with van der Waals surface area (Å²) < 4.78 is 1.70. The molecule has 0 radical (unpaired) electrons. The van der Waals surface area contributed by atoms with Crippen molar-refractivity contribution in [3.63, 3.8) is 0 Å². The van der Waals surface area contributed by atoms with Gasteiger partial charge in [0.15, 0.2) is 0 Å². The van der Waals surface area contributed by atoms with Crippen molar-refractivity contribution in [3.8, 4) is 0 Å². The van der Waals surface area contributed by atoms with E-state index in [9.17, 15) is 4.79 Å². The Balaban J connectivity index is 1.40. The van der Waals surface area contributed by atoms with Gasteiger partial charge in [0.25, 0.3) is 0 Å². The molecule has 3 N–H and O–H groups in total. The molecule has 0 atom stereocenters. The first-order valence-electron chi connectivity index (χ1n) is 14.3. The predicted molar refractivity (Wildman–Crippen MR) is 149 cm³/mol. The number of carboxylic acid groups (broad SMARTS) is 1. The highest BCUT2D eigenvalue weighted by atomic mass is 16.4. The second kappa shape index (κ2) is 18.9. The van der Waals surface area contributed by atoms with Crippen molar-refractivity contribution < 1.29 is 9.90 Å². The van der Waals surface area contributed by atoms with E-state index in [0.29, 0.717) is 12.2 Å². The number of unbranched alkanes of at least 4 members (excludes halogenated alkanes) is 15. The lowest BCUT2D eigenvalue weighted by atomic mass is 10.0. The average molecular weight is 500 g/mol. The van der Waals surface area contributed by atoms with Crippen molar-refractivity contribution in [1.29, 1.82) is 0 Å². The van der Waals surface area contributed by atoms with Crippen molar-refractivity contribution in [2.24, 2.45) is 5.84 Å². The van der Waals surface area contributed by atoms with Crippen LogP contribution in [0.2, 0.25) is 0 Å². The zero-order valence-electron chi connectivity index (χ0n) is 22.5. The fourth-order valence-electron chi connectivity index (χ4n) is 4.56. The van der Waals surface area contributed by atoms with Crippen LogP contribution in [0.4, 0.5) is 0 Å². The monoisotopic (exact) mass is 499 g/mol. The predicted octanol–water partition coefficient (Wildman–Crippen LogP) is 7.47. The SMILES string of the molecule is CCCCCCCCCCCCCCCCC=CCCCN(N)Cn1nnc2cc(C(=O)O)ccc21. The van der Waals surface area contributed by atoms with Crippen molar-refractivity contribution in [2.75, 3.05) is 6.54 Å². The molecule has 0 fully saturated rings. The van der Waals surface area contributed by atoms with E-state index in [1.807, 2.05) is 0 Å². The number of hydrogen-bond donors (Lipinski definition) is 2. The average Bonchev–Trinajstić information content (AvgIpc) is 3.27. The summed E-state index contributed by atoms with van der Waals surface area (Å²) in [5.74, 6) is 5.17. The van der Waals surface area contributed by atoms with Crippen LogP contribution in [0.15, 0.2) is 30.4 Å². The van der Waals surface area contributed by atoms with Gasteiger partial charge in [-0.2, -0.15) is 0 Å². The number of rotatable bonds is 22. The quantitative estimate of drug-likeness (QED) is 0.0754. The van der Waals surface area contributed by atoms with E-state index in [-0.39, 0.29) is 5.56 Å². The lowest BCUT2D eigenvalue weighted by Crippen LogP contribution is -2.34. The van der Waals surface area contributed by atoms with Crippen LogP contribution in [0, 0.1) is 0 Å². The third-order valence-electron chi connectivity index (χ3n) is 6.78. The van der Waals surface area contributed by atoms with E-state index >= 15 is 0 Å². The van der Waals surface area contributed by atoms with Gasteiger partial charge in [0.2, 0.25) is 0 Å². The maximum Gasteiger partial charge on any atom is 0.335 e. The number of benzene rings is 1. The molecule has 0 bridgehead atoms. The number of carbonyl (C=O) groups is 1. The largest absolute Gasteiger partial charge is 0.478 e. The van der Waals surface area contributed by atoms with Crippen molar-refractivity contribution in [3.05, 3.63) is 35.9 Å². The van der Waals surface area contributed by atoms with Gasteiger partial charge in [-0.25, -0.2) is 14.5 Å². The Hall–Kier alpha value is -2.25. The number of allylic oxidation sites excluding steroid dienone is 2. The molecule has 0 saturated heterocycles. The van der Waals surface area contributed by atoms with Crippen LogP contribution in [0.1, 0.15) is 126 Å². The number of fused-ring (bicyclic) bond motifs is 1. The van der Waals surface area contributed by atoms with Crippen LogP contribution in [0.3, 0.4) is 0 Å². The molecule has 2 aromatic rings. The molecule has 2 rings (SSSR count). The molecule has 7 heteroatoms. The minimum Gasteiger partial charge on any atom is -0.478 e. The second-order valence-electron chi connectivity index (χ2n) is 10.0. The van der Waals surface area contributed by atoms with Crippen LogP contribution in [-0.4, -0.2) is 37.6 Å². The molecule has 0 aliphatic heterocycles. The zero-order valence-corrected chi connectivity index (χ0v) is 22.5. The van der Waals surface area contributed by atoms with Gasteiger partial charge >= 0.3 is 5.97 Å². The van der Waals surface area contributed by atoms with E-state index in [4.69, 9.17) is 10.9 Å². The van der Waals surface area contributed by atoms with Gasteiger partial charge in [-0.15, -0.1) is 5.10 Å². The highest BCUT2D eigenvalue weighted by Gasteiger charge is 2.10. The lowest BCUT2D eigenvalue weighted by Gasteiger charge is -2.15. The zero-order chi connectivity index (χ0) is 25.8. The molecule has 0 saturated carbocycles. The summed E-state index contributed by atoms with van der Waals surface area (Å²) in [6.07, 6.45) is 27.4. The van der Waals surface area contributed by atoms with Crippen LogP contribution < -0.4 is 5.84 Å². The first-order valence-corrected chi connectivity index (χ1v) is 14.3. The summed E-state index contributed by atoms with van der Waals surface area (Å²) in [5, 5.41) is 19.0. The third-order valence-corrected chi connectivity index (χ3v) is 6.78. The maximum atomic E-state index is 11.1. The highest BCUT2D eigenvalue weighted by molar-refractivity contribution is 5.92. The number of aromatic carboxylic acids is 1. The molecule has 202 valence electrons. The van der Waals surface area contributed by atoms with Gasteiger partial charge in [-0.3, -0.25) is 5.84 Å². The summed E-state index contributed by atoms with van der Waals surface area (Å²) >= 11 is 0. The van der Waals surface area contributed by atoms with Crippen LogP contribution >= 0.6 is 0 Å². The number of hydrazine groups is 1. The molecular weight excluding hydrogens is 450 g/mol. The van der Waals surface area contributed by atoms with Crippen molar-refractivity contribution in [2.45, 2.75) is 123 Å². The molecule has 7 nitrogen and oxygen atoms in total. The standard InChI is InChI=1S/C29H49N5O2/c1-2-3-4-5-6-7-8-9-10-11-12-13-14-15-16-17-18-19-20-23-33(30)25-34-28-22-21-26(29(35)36)24-27(28)31-32-34/h17-18,21-22,24H,2-16,19-20,23,25,30H2,1H3,(H,35,36). The Kier molecular flexibility index (Phi) is 15.8. The summed E-state index contributed by atoms with van der Waals surface area (Å²) in [6, 6.07) is 4.83. The summed E-state index contributed by atoms with van der Waals surface area (Å²) in [5.41, 5.74) is 1.55. The molecule has 1 aromatic carbocycles. The molecule has 1 heterocycles. The Labute approximate surface area is 218 Å². The maximum absolute atomic E-state index is 11.1. The number of carboxylic acids is 1. The van der Waals surface area contributed by atoms with E-state index < -0.39 is 5.97 Å². The molecule has 0 unspecified atom stereocenters. The van der Waals surface area contributed by atoms with Gasteiger partial charge in [-0.05, 0) is 43.9 Å². The second-order valence-corrected chi connectivity index (χ2v) is 10.0. The molecule has 0 aliphatic carbocycles. The van der Waals surface area contributed by atoms with Gasteiger partial charge in [0.1, 0.15) is 12.2 Å². The molecule has 0 amide bonds. The van der Waals surface area contributed by atoms with E-state index in [1.165, 1.54) is 102 Å². The minimum absolute atomic E-state index is 0.208. The fraction of sp³-hybridized carbons (Fsp3) is 0.690. The Morgan fingerprint density at radius 2 is 1.44 bits per heavy atom. The minimum atomic E-state index is -0.968. The first kappa shape index (κ1) is 30.0. The summed E-state index contributed by atoms with van der Waals surface area (Å²) in [6.45, 7) is 3.47. The third kappa shape index (κ3) is 12.6. The topological polar surface area (TPSA) is 97.3 Å². The fourth-order valence-corrected chi connectivity index (χ4v) is 4.56. The molecule has 1 aromatic heterocycles. The summed E-state index contributed by atoms with van der Waals surface area (Å²) in [4.78, 5) is 11.1. The van der Waals surface area contributed by atoms with E-state index in [1.54, 1.807) is 21.8 Å². The number of nitrogens with two attached hydrogens (primary N) is 1. The van der Waals surface area contributed by atoms with Crippen molar-refractivity contribution in [1.82, 2.24) is 20.0 Å². The first-order chi connectivity index (χ1) is 17.6. The van der Waals surface area contributed by atoms with E-state index in [0.717, 1.165) is 24.9 Å². The van der Waals surface area contributed by atoms with Crippen molar-refractivity contribution >= 4 is 17.0 Å². The van der Waals surface area contributed by atoms with Crippen LogP contribution in [0.25, 0.3) is 11.0 Å². The smallest absolute Gasteiger partial charge is 0.335 e. The summed E-state index contributed by atoms with van der Waals surface area (Å²) in [7, 11) is 0. The Morgan fingerprint density at radius 3 is 2.03 bits per heavy atom. The van der Waals surface area contributed by atoms with Crippen LogP contribution in [-0.2, 0) is 6.67 Å². The van der Waals surface area contributed by atoms with Gasteiger partial charge in [-0.1, -0.05) is 108 Å². The van der Waals surface area contributed by atoms with E-state index in [2.05, 4.69) is 29.4 Å². The lowest BCUT2D eigenvalue weighted by molar-refractivity contribution is 0.0697. The molecular formula is C29H49N5O2. The number of hydrogen-bond acceptors (Lipinski definition) is 5. The van der Waals surface area contributed by atoms with Gasteiger partial charge in [0, 0.05) is 6.54 Å². The number of aromatic nitrogens is 3. The Morgan fingerprint density at radius 1 is 0.889 bits per heavy atom. The molecule has 36 heavy (non-hydrogen) atoms. The molecule has 0 spiro atoms.